The molecule has 0 radical (unpaired) electrons. The Morgan fingerprint density at radius 1 is 1.38 bits per heavy atom. The van der Waals surface area contributed by atoms with Gasteiger partial charge in [-0.2, -0.15) is 0 Å². The van der Waals surface area contributed by atoms with E-state index in [1.165, 1.54) is 4.90 Å². The van der Waals surface area contributed by atoms with Gasteiger partial charge in [-0.05, 0) is 29.9 Å². The Kier molecular flexibility index (Phi) is 5.07. The highest BCUT2D eigenvalue weighted by Crippen LogP contribution is 2.18. The Morgan fingerprint density at radius 2 is 2.14 bits per heavy atom. The van der Waals surface area contributed by atoms with Gasteiger partial charge < -0.3 is 9.42 Å². The summed E-state index contributed by atoms with van der Waals surface area (Å²) < 4.78 is 5.15. The second-order valence-electron chi connectivity index (χ2n) is 5.28. The molecular formula is C16H20N2O2S. The van der Waals surface area contributed by atoms with E-state index in [1.54, 1.807) is 29.8 Å². The van der Waals surface area contributed by atoms with Gasteiger partial charge in [0.2, 0.25) is 5.76 Å². The van der Waals surface area contributed by atoms with Gasteiger partial charge in [-0.3, -0.25) is 4.79 Å². The van der Waals surface area contributed by atoms with E-state index < -0.39 is 0 Å². The maximum absolute atomic E-state index is 12.3. The number of hydrogen-bond donors (Lipinski definition) is 0. The first kappa shape index (κ1) is 15.6. The number of benzene rings is 1. The van der Waals surface area contributed by atoms with Gasteiger partial charge >= 0.3 is 0 Å². The van der Waals surface area contributed by atoms with E-state index >= 15 is 0 Å². The first-order valence-corrected chi connectivity index (χ1v) is 8.08. The van der Waals surface area contributed by atoms with Gasteiger partial charge in [-0.15, -0.1) is 11.8 Å². The van der Waals surface area contributed by atoms with Crippen molar-refractivity contribution in [3.63, 3.8) is 0 Å². The number of carbonyl (C=O) groups excluding carboxylic acids is 1. The highest BCUT2D eigenvalue weighted by atomic mass is 32.2. The molecule has 0 bridgehead atoms. The molecule has 4 nitrogen and oxygen atoms in total. The Labute approximate surface area is 129 Å². The van der Waals surface area contributed by atoms with Gasteiger partial charge in [0.05, 0.1) is 5.69 Å². The van der Waals surface area contributed by atoms with Gasteiger partial charge in [0.25, 0.3) is 5.91 Å². The number of aromatic nitrogens is 1. The first-order chi connectivity index (χ1) is 10.0. The monoisotopic (exact) mass is 304 g/mol. The normalized spacial score (nSPS) is 10.9. The summed E-state index contributed by atoms with van der Waals surface area (Å²) in [7, 11) is 1.77. The minimum Gasteiger partial charge on any atom is -0.351 e. The largest absolute Gasteiger partial charge is 0.351 e. The van der Waals surface area contributed by atoms with Crippen LogP contribution in [0.15, 0.2) is 39.8 Å². The molecular weight excluding hydrogens is 284 g/mol. The second kappa shape index (κ2) is 6.80. The lowest BCUT2D eigenvalue weighted by molar-refractivity contribution is 0.0743. The fourth-order valence-electron chi connectivity index (χ4n) is 1.97. The van der Waals surface area contributed by atoms with E-state index in [4.69, 9.17) is 4.52 Å². The Morgan fingerprint density at radius 3 is 2.76 bits per heavy atom. The molecule has 2 aromatic rings. The van der Waals surface area contributed by atoms with E-state index in [-0.39, 0.29) is 11.8 Å². The van der Waals surface area contributed by atoms with Gasteiger partial charge in [-0.1, -0.05) is 31.1 Å². The molecule has 112 valence electrons. The second-order valence-corrected chi connectivity index (χ2v) is 6.16. The zero-order valence-corrected chi connectivity index (χ0v) is 13.6. The molecule has 0 aliphatic carbocycles. The smallest absolute Gasteiger partial charge is 0.292 e. The number of carbonyl (C=O) groups is 1. The molecule has 0 fully saturated rings. The zero-order valence-electron chi connectivity index (χ0n) is 12.8. The molecule has 1 heterocycles. The quantitative estimate of drug-likeness (QED) is 0.788. The Hall–Kier alpha value is -1.75. The van der Waals surface area contributed by atoms with E-state index in [0.29, 0.717) is 12.3 Å². The highest BCUT2D eigenvalue weighted by Gasteiger charge is 2.18. The molecule has 1 amide bonds. The van der Waals surface area contributed by atoms with Crippen molar-refractivity contribution in [2.45, 2.75) is 31.2 Å². The minimum atomic E-state index is -0.149. The SMILES string of the molecule is CSc1cccc(CN(C)C(=O)c2cc(C(C)C)no2)c1. The minimum absolute atomic E-state index is 0.149. The van der Waals surface area contributed by atoms with Crippen LogP contribution in [0, 0.1) is 0 Å². The molecule has 1 aromatic heterocycles. The third-order valence-corrected chi connectivity index (χ3v) is 3.96. The molecule has 5 heteroatoms. The molecule has 0 aliphatic rings. The van der Waals surface area contributed by atoms with E-state index in [9.17, 15) is 4.79 Å². The maximum atomic E-state index is 12.3. The molecule has 0 saturated heterocycles. The molecule has 0 unspecified atom stereocenters. The van der Waals surface area contributed by atoms with Crippen LogP contribution in [0.1, 0.15) is 41.6 Å². The molecule has 2 rings (SSSR count). The molecule has 0 saturated carbocycles. The fraction of sp³-hybridized carbons (Fsp3) is 0.375. The number of thioether (sulfide) groups is 1. The molecule has 21 heavy (non-hydrogen) atoms. The van der Waals surface area contributed by atoms with Crippen LogP contribution in [0.3, 0.4) is 0 Å². The van der Waals surface area contributed by atoms with Gasteiger partial charge in [-0.25, -0.2) is 0 Å². The zero-order chi connectivity index (χ0) is 15.4. The van der Waals surface area contributed by atoms with Gasteiger partial charge in [0, 0.05) is 24.6 Å². The van der Waals surface area contributed by atoms with Crippen molar-refractivity contribution in [3.05, 3.63) is 47.3 Å². The van der Waals surface area contributed by atoms with Crippen molar-refractivity contribution in [2.24, 2.45) is 0 Å². The number of nitrogens with zero attached hydrogens (tertiary/aromatic N) is 2. The molecule has 0 spiro atoms. The Balaban J connectivity index is 2.07. The standard InChI is InChI=1S/C16H20N2O2S/c1-11(2)14-9-15(20-17-14)16(19)18(3)10-12-6-5-7-13(8-12)21-4/h5-9,11H,10H2,1-4H3. The average Bonchev–Trinajstić information content (AvgIpc) is 2.96. The lowest BCUT2D eigenvalue weighted by atomic mass is 10.1. The average molecular weight is 304 g/mol. The van der Waals surface area contributed by atoms with Crippen LogP contribution in [-0.2, 0) is 6.54 Å². The van der Waals surface area contributed by atoms with Crippen LogP contribution >= 0.6 is 11.8 Å². The highest BCUT2D eigenvalue weighted by molar-refractivity contribution is 7.98. The molecule has 0 N–H and O–H groups in total. The summed E-state index contributed by atoms with van der Waals surface area (Å²) in [5, 5.41) is 3.93. The summed E-state index contributed by atoms with van der Waals surface area (Å²) in [6, 6.07) is 9.89. The molecule has 0 atom stereocenters. The summed E-state index contributed by atoms with van der Waals surface area (Å²) >= 11 is 1.69. The van der Waals surface area contributed by atoms with Gasteiger partial charge in [0.15, 0.2) is 0 Å². The summed E-state index contributed by atoms with van der Waals surface area (Å²) in [5.41, 5.74) is 1.90. The third kappa shape index (κ3) is 3.88. The summed E-state index contributed by atoms with van der Waals surface area (Å²) in [5.74, 6) is 0.394. The van der Waals surface area contributed by atoms with E-state index in [2.05, 4.69) is 17.3 Å². The third-order valence-electron chi connectivity index (χ3n) is 3.23. The van der Waals surface area contributed by atoms with Crippen molar-refractivity contribution >= 4 is 17.7 Å². The Bertz CT molecular complexity index is 622. The maximum Gasteiger partial charge on any atom is 0.292 e. The predicted molar refractivity (Wildman–Crippen MR) is 84.6 cm³/mol. The fourth-order valence-corrected chi connectivity index (χ4v) is 2.45. The summed E-state index contributed by atoms with van der Waals surface area (Å²) in [4.78, 5) is 15.2. The van der Waals surface area contributed by atoms with Crippen molar-refractivity contribution in [1.29, 1.82) is 0 Å². The van der Waals surface area contributed by atoms with Crippen molar-refractivity contribution in [1.82, 2.24) is 10.1 Å². The molecule has 1 aromatic carbocycles. The number of amides is 1. The van der Waals surface area contributed by atoms with Crippen LogP contribution in [0.2, 0.25) is 0 Å². The van der Waals surface area contributed by atoms with E-state index in [1.807, 2.05) is 32.2 Å². The van der Waals surface area contributed by atoms with Gasteiger partial charge in [0.1, 0.15) is 0 Å². The van der Waals surface area contributed by atoms with E-state index in [0.717, 1.165) is 11.3 Å². The van der Waals surface area contributed by atoms with Crippen molar-refractivity contribution in [3.8, 4) is 0 Å². The lowest BCUT2D eigenvalue weighted by Crippen LogP contribution is -2.25. The summed E-state index contributed by atoms with van der Waals surface area (Å²) in [6.45, 7) is 4.58. The first-order valence-electron chi connectivity index (χ1n) is 6.86. The number of rotatable bonds is 5. The van der Waals surface area contributed by atoms with Crippen LogP contribution < -0.4 is 0 Å². The molecule has 0 aliphatic heterocycles. The van der Waals surface area contributed by atoms with Crippen LogP contribution in [0.25, 0.3) is 0 Å². The van der Waals surface area contributed by atoms with Crippen LogP contribution in [0.4, 0.5) is 0 Å². The predicted octanol–water partition coefficient (Wildman–Crippen LogP) is 3.79. The number of hydrogen-bond acceptors (Lipinski definition) is 4. The van der Waals surface area contributed by atoms with Crippen LogP contribution in [0.5, 0.6) is 0 Å². The van der Waals surface area contributed by atoms with Crippen molar-refractivity contribution < 1.29 is 9.32 Å². The summed E-state index contributed by atoms with van der Waals surface area (Å²) in [6.07, 6.45) is 2.04. The topological polar surface area (TPSA) is 46.3 Å². The lowest BCUT2D eigenvalue weighted by Gasteiger charge is -2.15. The van der Waals surface area contributed by atoms with Crippen LogP contribution in [-0.4, -0.2) is 29.3 Å². The van der Waals surface area contributed by atoms with Crippen molar-refractivity contribution in [2.75, 3.05) is 13.3 Å².